The molecule has 0 atom stereocenters. The molecule has 0 amide bonds. The lowest BCUT2D eigenvalue weighted by atomic mass is 10.1. The van der Waals surface area contributed by atoms with Crippen LogP contribution in [0.25, 0.3) is 0 Å². The van der Waals surface area contributed by atoms with Crippen LogP contribution in [0.4, 0.5) is 5.69 Å². The third kappa shape index (κ3) is 3.62. The zero-order valence-corrected chi connectivity index (χ0v) is 11.7. The van der Waals surface area contributed by atoms with Gasteiger partial charge in [-0.2, -0.15) is 0 Å². The molecular formula is C16H14ClNO2. The molecule has 0 heterocycles. The highest BCUT2D eigenvalue weighted by Crippen LogP contribution is 2.23. The first-order chi connectivity index (χ1) is 9.56. The van der Waals surface area contributed by atoms with E-state index < -0.39 is 0 Å². The number of benzene rings is 2. The van der Waals surface area contributed by atoms with Gasteiger partial charge in [-0.05, 0) is 43.3 Å². The lowest BCUT2D eigenvalue weighted by Crippen LogP contribution is -2.01. The molecule has 0 aliphatic carbocycles. The van der Waals surface area contributed by atoms with Crippen molar-refractivity contribution in [3.8, 4) is 5.75 Å². The summed E-state index contributed by atoms with van der Waals surface area (Å²) in [4.78, 5) is 12.0. The van der Waals surface area contributed by atoms with Crippen molar-refractivity contribution in [1.82, 2.24) is 0 Å². The van der Waals surface area contributed by atoms with Gasteiger partial charge < -0.3 is 10.4 Å². The Labute approximate surface area is 122 Å². The number of phenols is 1. The van der Waals surface area contributed by atoms with Crippen LogP contribution in [0.2, 0.25) is 5.02 Å². The predicted molar refractivity (Wildman–Crippen MR) is 81.3 cm³/mol. The molecule has 2 N–H and O–H groups in total. The molecule has 3 nitrogen and oxygen atoms in total. The van der Waals surface area contributed by atoms with Crippen molar-refractivity contribution in [1.29, 1.82) is 0 Å². The fourth-order valence-electron chi connectivity index (χ4n) is 1.72. The summed E-state index contributed by atoms with van der Waals surface area (Å²) in [5.74, 6) is 0.0151. The highest BCUT2D eigenvalue weighted by molar-refractivity contribution is 6.30. The number of hydrogen-bond donors (Lipinski definition) is 2. The Bertz CT molecular complexity index is 648. The average Bonchev–Trinajstić information content (AvgIpc) is 2.42. The fourth-order valence-corrected chi connectivity index (χ4v) is 1.85. The molecule has 2 aromatic carbocycles. The number of aromatic hydroxyl groups is 1. The van der Waals surface area contributed by atoms with E-state index in [0.717, 1.165) is 0 Å². The van der Waals surface area contributed by atoms with Crippen LogP contribution < -0.4 is 5.32 Å². The van der Waals surface area contributed by atoms with Crippen molar-refractivity contribution in [2.24, 2.45) is 0 Å². The van der Waals surface area contributed by atoms with Gasteiger partial charge in [-0.1, -0.05) is 23.7 Å². The molecule has 0 bridgehead atoms. The number of para-hydroxylation sites is 2. The first-order valence-electron chi connectivity index (χ1n) is 6.09. The zero-order valence-electron chi connectivity index (χ0n) is 10.9. The first kappa shape index (κ1) is 14.2. The molecule has 0 fully saturated rings. The van der Waals surface area contributed by atoms with Crippen molar-refractivity contribution >= 4 is 23.1 Å². The van der Waals surface area contributed by atoms with Gasteiger partial charge in [0.1, 0.15) is 5.75 Å². The van der Waals surface area contributed by atoms with Crippen molar-refractivity contribution in [2.45, 2.75) is 6.92 Å². The topological polar surface area (TPSA) is 49.3 Å². The molecule has 0 aliphatic heterocycles. The number of carbonyl (C=O) groups excluding carboxylic acids is 1. The highest BCUT2D eigenvalue weighted by Gasteiger charge is 2.04. The molecule has 0 unspecified atom stereocenters. The number of nitrogens with one attached hydrogen (secondary N) is 1. The number of carbonyl (C=O) groups is 1. The predicted octanol–water partition coefficient (Wildman–Crippen LogP) is 4.24. The van der Waals surface area contributed by atoms with Crippen molar-refractivity contribution in [2.75, 3.05) is 5.32 Å². The normalized spacial score (nSPS) is 11.2. The van der Waals surface area contributed by atoms with Gasteiger partial charge in [-0.25, -0.2) is 0 Å². The van der Waals surface area contributed by atoms with Crippen LogP contribution in [-0.2, 0) is 0 Å². The fraction of sp³-hybridized carbons (Fsp3) is 0.0625. The van der Waals surface area contributed by atoms with Gasteiger partial charge >= 0.3 is 0 Å². The van der Waals surface area contributed by atoms with E-state index in [1.807, 2.05) is 0 Å². The molecule has 0 radical (unpaired) electrons. The highest BCUT2D eigenvalue weighted by atomic mass is 35.5. The second-order valence-corrected chi connectivity index (χ2v) is 4.78. The largest absolute Gasteiger partial charge is 0.506 e. The molecule has 2 aromatic rings. The maximum absolute atomic E-state index is 12.0. The SMILES string of the molecule is CC(=CC(=O)c1ccc(Cl)cc1)Nc1ccccc1O. The van der Waals surface area contributed by atoms with Gasteiger partial charge in [0.25, 0.3) is 0 Å². The molecule has 0 spiro atoms. The second kappa shape index (κ2) is 6.26. The average molecular weight is 288 g/mol. The monoisotopic (exact) mass is 287 g/mol. The Balaban J connectivity index is 2.12. The number of anilines is 1. The Morgan fingerprint density at radius 2 is 1.80 bits per heavy atom. The first-order valence-corrected chi connectivity index (χ1v) is 6.47. The summed E-state index contributed by atoms with van der Waals surface area (Å²) >= 11 is 5.78. The smallest absolute Gasteiger partial charge is 0.187 e. The third-order valence-corrected chi connectivity index (χ3v) is 2.96. The number of halogens is 1. The number of allylic oxidation sites excluding steroid dienone is 2. The van der Waals surface area contributed by atoms with E-state index in [1.165, 1.54) is 6.08 Å². The van der Waals surface area contributed by atoms with Gasteiger partial charge in [0.05, 0.1) is 5.69 Å². The quantitative estimate of drug-likeness (QED) is 0.502. The molecule has 0 saturated carbocycles. The molecule has 4 heteroatoms. The van der Waals surface area contributed by atoms with Gasteiger partial charge in [0.2, 0.25) is 0 Å². The molecule has 0 saturated heterocycles. The standard InChI is InChI=1S/C16H14ClNO2/c1-11(18-14-4-2-3-5-15(14)19)10-16(20)12-6-8-13(17)9-7-12/h2-10,18-19H,1H3. The van der Waals surface area contributed by atoms with Gasteiger partial charge in [-0.3, -0.25) is 4.79 Å². The summed E-state index contributed by atoms with van der Waals surface area (Å²) < 4.78 is 0. The van der Waals surface area contributed by atoms with E-state index in [-0.39, 0.29) is 11.5 Å². The van der Waals surface area contributed by atoms with E-state index in [1.54, 1.807) is 55.5 Å². The van der Waals surface area contributed by atoms with Crippen LogP contribution in [0.3, 0.4) is 0 Å². The van der Waals surface area contributed by atoms with Crippen molar-refractivity contribution in [3.05, 3.63) is 70.9 Å². The summed E-state index contributed by atoms with van der Waals surface area (Å²) in [6.07, 6.45) is 1.48. The molecule has 2 rings (SSSR count). The van der Waals surface area contributed by atoms with Gasteiger partial charge in [-0.15, -0.1) is 0 Å². The minimum atomic E-state index is -0.123. The van der Waals surface area contributed by atoms with Crippen LogP contribution in [-0.4, -0.2) is 10.9 Å². The van der Waals surface area contributed by atoms with Crippen LogP contribution in [0, 0.1) is 0 Å². The lowest BCUT2D eigenvalue weighted by molar-refractivity contribution is 0.104. The minimum Gasteiger partial charge on any atom is -0.506 e. The van der Waals surface area contributed by atoms with Crippen LogP contribution in [0.1, 0.15) is 17.3 Å². The van der Waals surface area contributed by atoms with Gasteiger partial charge in [0, 0.05) is 22.4 Å². The summed E-state index contributed by atoms with van der Waals surface area (Å²) in [7, 11) is 0. The Kier molecular flexibility index (Phi) is 4.43. The lowest BCUT2D eigenvalue weighted by Gasteiger charge is -2.08. The Morgan fingerprint density at radius 3 is 2.45 bits per heavy atom. The third-order valence-electron chi connectivity index (χ3n) is 2.71. The van der Waals surface area contributed by atoms with E-state index in [9.17, 15) is 9.90 Å². The second-order valence-electron chi connectivity index (χ2n) is 4.34. The van der Waals surface area contributed by atoms with E-state index in [0.29, 0.717) is 22.0 Å². The number of ketones is 1. The van der Waals surface area contributed by atoms with E-state index >= 15 is 0 Å². The Morgan fingerprint density at radius 1 is 1.15 bits per heavy atom. The van der Waals surface area contributed by atoms with Crippen molar-refractivity contribution < 1.29 is 9.90 Å². The number of hydrogen-bond acceptors (Lipinski definition) is 3. The summed E-state index contributed by atoms with van der Waals surface area (Å²) in [5.41, 5.74) is 1.77. The minimum absolute atomic E-state index is 0.123. The summed E-state index contributed by atoms with van der Waals surface area (Å²) in [6.45, 7) is 1.76. The van der Waals surface area contributed by atoms with Crippen molar-refractivity contribution in [3.63, 3.8) is 0 Å². The summed E-state index contributed by atoms with van der Waals surface area (Å²) in [6, 6.07) is 13.6. The van der Waals surface area contributed by atoms with Crippen LogP contribution in [0.15, 0.2) is 60.3 Å². The van der Waals surface area contributed by atoms with Gasteiger partial charge in [0.15, 0.2) is 5.78 Å². The molecule has 102 valence electrons. The number of phenolic OH excluding ortho intramolecular Hbond substituents is 1. The Hall–Kier alpha value is -2.26. The molecule has 20 heavy (non-hydrogen) atoms. The molecule has 0 aromatic heterocycles. The van der Waals surface area contributed by atoms with Crippen LogP contribution >= 0.6 is 11.6 Å². The zero-order chi connectivity index (χ0) is 14.5. The van der Waals surface area contributed by atoms with Crippen LogP contribution in [0.5, 0.6) is 5.75 Å². The number of rotatable bonds is 4. The summed E-state index contributed by atoms with van der Waals surface area (Å²) in [5, 5.41) is 13.2. The maximum atomic E-state index is 12.0. The van der Waals surface area contributed by atoms with E-state index in [2.05, 4.69) is 5.32 Å². The molecule has 0 aliphatic rings. The van der Waals surface area contributed by atoms with E-state index in [4.69, 9.17) is 11.6 Å². The maximum Gasteiger partial charge on any atom is 0.187 e. The molecular weight excluding hydrogens is 274 g/mol.